The van der Waals surface area contributed by atoms with Gasteiger partial charge in [0, 0.05) is 31.5 Å². The molecule has 8 nitrogen and oxygen atoms in total. The number of likely N-dealkylation sites (tertiary alicyclic amines) is 1. The minimum Gasteiger partial charge on any atom is -0.494 e. The van der Waals surface area contributed by atoms with Crippen LogP contribution in [-0.2, 0) is 11.3 Å². The standard InChI is InChI=1S/C24H26N6O2S/c1-17-7-4-9-19(15-17)32-14-6-13-28-12-5-8-18(28)16-20-21(25)30-23(26-22(20)31)33-24(27-30)29-10-2-3-11-29/h4-5,7-9,12,15-16,25H,2-3,6,10-11,13-14H2,1H3/b20-16-,25-21?. The van der Waals surface area contributed by atoms with E-state index in [1.165, 1.54) is 22.3 Å². The molecule has 33 heavy (non-hydrogen) atoms. The van der Waals surface area contributed by atoms with Gasteiger partial charge in [0.15, 0.2) is 11.0 Å². The molecule has 0 aliphatic carbocycles. The number of hydrazone groups is 1. The summed E-state index contributed by atoms with van der Waals surface area (Å²) >= 11 is 1.37. The van der Waals surface area contributed by atoms with Crippen LogP contribution in [0.2, 0.25) is 0 Å². The second kappa shape index (κ2) is 9.27. The van der Waals surface area contributed by atoms with Crippen molar-refractivity contribution in [2.45, 2.75) is 32.7 Å². The van der Waals surface area contributed by atoms with Crippen molar-refractivity contribution in [2.24, 2.45) is 10.1 Å². The molecule has 5 rings (SSSR count). The van der Waals surface area contributed by atoms with E-state index < -0.39 is 5.91 Å². The van der Waals surface area contributed by atoms with Crippen LogP contribution in [0.15, 0.2) is 58.3 Å². The first-order chi connectivity index (χ1) is 16.1. The molecule has 0 saturated carbocycles. The zero-order valence-corrected chi connectivity index (χ0v) is 19.3. The fraction of sp³-hybridized carbons (Fsp3) is 0.333. The number of amides is 1. The summed E-state index contributed by atoms with van der Waals surface area (Å²) in [6.07, 6.45) is 6.81. The van der Waals surface area contributed by atoms with Gasteiger partial charge in [0.05, 0.1) is 12.2 Å². The number of carbonyl (C=O) groups is 1. The van der Waals surface area contributed by atoms with Crippen molar-refractivity contribution in [1.82, 2.24) is 14.5 Å². The molecule has 0 bridgehead atoms. The Balaban J connectivity index is 1.26. The van der Waals surface area contributed by atoms with E-state index in [4.69, 9.17) is 10.1 Å². The van der Waals surface area contributed by atoms with Crippen LogP contribution in [0.25, 0.3) is 6.08 Å². The van der Waals surface area contributed by atoms with E-state index in [0.717, 1.165) is 55.5 Å². The van der Waals surface area contributed by atoms with Crippen LogP contribution < -0.4 is 4.74 Å². The molecule has 1 aromatic carbocycles. The number of aryl methyl sites for hydroxylation is 2. The van der Waals surface area contributed by atoms with Crippen molar-refractivity contribution in [3.8, 4) is 5.75 Å². The minimum absolute atomic E-state index is 0.0715. The van der Waals surface area contributed by atoms with Crippen LogP contribution in [-0.4, -0.2) is 56.3 Å². The topological polar surface area (TPSA) is 86.3 Å². The lowest BCUT2D eigenvalue weighted by molar-refractivity contribution is -0.114. The van der Waals surface area contributed by atoms with E-state index in [-0.39, 0.29) is 11.4 Å². The average molecular weight is 463 g/mol. The van der Waals surface area contributed by atoms with Gasteiger partial charge in [-0.05, 0) is 73.9 Å². The Bertz CT molecular complexity index is 1180. The Morgan fingerprint density at radius 1 is 1.18 bits per heavy atom. The van der Waals surface area contributed by atoms with Gasteiger partial charge in [0.2, 0.25) is 5.17 Å². The highest BCUT2D eigenvalue weighted by molar-refractivity contribution is 8.26. The Kier molecular flexibility index (Phi) is 6.04. The monoisotopic (exact) mass is 462 g/mol. The Morgan fingerprint density at radius 3 is 2.85 bits per heavy atom. The quantitative estimate of drug-likeness (QED) is 0.519. The number of benzene rings is 1. The number of nitrogens with one attached hydrogen (secondary N) is 1. The molecule has 0 unspecified atom stereocenters. The number of thioether (sulfide) groups is 1. The van der Waals surface area contributed by atoms with Crippen LogP contribution in [0.3, 0.4) is 0 Å². The number of hydrogen-bond donors (Lipinski definition) is 1. The molecule has 2 aromatic rings. The molecular formula is C24H26N6O2S. The summed E-state index contributed by atoms with van der Waals surface area (Å²) in [6.45, 7) is 5.29. The van der Waals surface area contributed by atoms with Gasteiger partial charge >= 0.3 is 0 Å². The highest BCUT2D eigenvalue weighted by atomic mass is 32.2. The van der Waals surface area contributed by atoms with E-state index >= 15 is 0 Å². The van der Waals surface area contributed by atoms with Gasteiger partial charge in [0.1, 0.15) is 5.75 Å². The van der Waals surface area contributed by atoms with Crippen molar-refractivity contribution in [3.05, 3.63) is 59.4 Å². The minimum atomic E-state index is -0.396. The number of rotatable bonds is 6. The van der Waals surface area contributed by atoms with Crippen LogP contribution in [0, 0.1) is 12.3 Å². The lowest BCUT2D eigenvalue weighted by Crippen LogP contribution is -2.35. The zero-order valence-electron chi connectivity index (χ0n) is 18.5. The average Bonchev–Trinajstić information content (AvgIpc) is 3.55. The predicted molar refractivity (Wildman–Crippen MR) is 132 cm³/mol. The lowest BCUT2D eigenvalue weighted by Gasteiger charge is -2.20. The summed E-state index contributed by atoms with van der Waals surface area (Å²) in [5.74, 6) is 0.548. The fourth-order valence-electron chi connectivity index (χ4n) is 4.06. The van der Waals surface area contributed by atoms with Crippen molar-refractivity contribution in [2.75, 3.05) is 19.7 Å². The number of aliphatic imine (C=N–C) groups is 1. The van der Waals surface area contributed by atoms with E-state index in [1.807, 2.05) is 49.5 Å². The molecule has 1 saturated heterocycles. The summed E-state index contributed by atoms with van der Waals surface area (Å²) in [5, 5.41) is 15.9. The molecule has 1 aromatic heterocycles. The van der Waals surface area contributed by atoms with E-state index in [0.29, 0.717) is 11.8 Å². The number of fused-ring (bicyclic) bond motifs is 1. The van der Waals surface area contributed by atoms with Crippen LogP contribution in [0.5, 0.6) is 5.75 Å². The summed E-state index contributed by atoms with van der Waals surface area (Å²) < 4.78 is 7.91. The van der Waals surface area contributed by atoms with E-state index in [9.17, 15) is 4.79 Å². The van der Waals surface area contributed by atoms with Crippen molar-refractivity contribution < 1.29 is 9.53 Å². The molecule has 0 atom stereocenters. The largest absolute Gasteiger partial charge is 0.494 e. The maximum Gasteiger partial charge on any atom is 0.283 e. The van der Waals surface area contributed by atoms with Crippen LogP contribution in [0.1, 0.15) is 30.5 Å². The number of carbonyl (C=O) groups excluding carboxylic acids is 1. The van der Waals surface area contributed by atoms with Gasteiger partial charge in [-0.15, -0.1) is 5.10 Å². The molecule has 4 heterocycles. The number of ether oxygens (including phenoxy) is 1. The van der Waals surface area contributed by atoms with Gasteiger partial charge < -0.3 is 14.2 Å². The van der Waals surface area contributed by atoms with E-state index in [2.05, 4.69) is 19.6 Å². The Hall–Kier alpha value is -3.33. The first-order valence-electron chi connectivity index (χ1n) is 11.2. The summed E-state index contributed by atoms with van der Waals surface area (Å²) in [4.78, 5) is 19.1. The molecule has 1 N–H and O–H groups in total. The molecule has 0 spiro atoms. The smallest absolute Gasteiger partial charge is 0.283 e. The van der Waals surface area contributed by atoms with E-state index in [1.54, 1.807) is 6.08 Å². The lowest BCUT2D eigenvalue weighted by atomic mass is 10.1. The van der Waals surface area contributed by atoms with Crippen molar-refractivity contribution in [3.63, 3.8) is 0 Å². The van der Waals surface area contributed by atoms with Gasteiger partial charge in [-0.3, -0.25) is 10.2 Å². The number of hydrogen-bond acceptors (Lipinski definition) is 6. The highest BCUT2D eigenvalue weighted by Gasteiger charge is 2.37. The molecule has 9 heteroatoms. The Morgan fingerprint density at radius 2 is 2.03 bits per heavy atom. The number of nitrogens with zero attached hydrogens (tertiary/aromatic N) is 5. The third-order valence-corrected chi connectivity index (χ3v) is 6.75. The fourth-order valence-corrected chi connectivity index (χ4v) is 5.00. The molecule has 3 aliphatic rings. The second-order valence-corrected chi connectivity index (χ2v) is 9.18. The summed E-state index contributed by atoms with van der Waals surface area (Å²) in [7, 11) is 0. The maximum absolute atomic E-state index is 12.7. The molecular weight excluding hydrogens is 436 g/mol. The first-order valence-corrected chi connectivity index (χ1v) is 12.0. The SMILES string of the molecule is Cc1cccc(OCCCn2cccc2/C=C2/C(=N)N3N=C(N4CCCC4)SC3=NC2=O)c1. The predicted octanol–water partition coefficient (Wildman–Crippen LogP) is 3.94. The second-order valence-electron chi connectivity index (χ2n) is 8.24. The van der Waals surface area contributed by atoms with Crippen LogP contribution >= 0.6 is 11.8 Å². The normalized spacial score (nSPS) is 19.2. The van der Waals surface area contributed by atoms with Crippen molar-refractivity contribution >= 4 is 39.9 Å². The molecule has 1 amide bonds. The van der Waals surface area contributed by atoms with Gasteiger partial charge in [-0.25, -0.2) is 0 Å². The third-order valence-electron chi connectivity index (χ3n) is 5.78. The summed E-state index contributed by atoms with van der Waals surface area (Å²) in [6, 6.07) is 11.9. The molecule has 3 aliphatic heterocycles. The summed E-state index contributed by atoms with van der Waals surface area (Å²) in [5.41, 5.74) is 2.28. The molecule has 1 fully saturated rings. The van der Waals surface area contributed by atoms with Gasteiger partial charge in [-0.2, -0.15) is 10.0 Å². The van der Waals surface area contributed by atoms with Gasteiger partial charge in [-0.1, -0.05) is 12.1 Å². The third kappa shape index (κ3) is 4.59. The first kappa shape index (κ1) is 21.5. The molecule has 0 radical (unpaired) electrons. The van der Waals surface area contributed by atoms with Crippen LogP contribution in [0.4, 0.5) is 0 Å². The maximum atomic E-state index is 12.7. The van der Waals surface area contributed by atoms with Crippen molar-refractivity contribution in [1.29, 1.82) is 5.41 Å². The Labute approximate surface area is 197 Å². The number of amidine groups is 3. The van der Waals surface area contributed by atoms with Gasteiger partial charge in [0.25, 0.3) is 5.91 Å². The zero-order chi connectivity index (χ0) is 22.8. The molecule has 170 valence electrons. The number of aromatic nitrogens is 1. The highest BCUT2D eigenvalue weighted by Crippen LogP contribution is 2.30.